The summed E-state index contributed by atoms with van der Waals surface area (Å²) < 4.78 is 0. The molecule has 0 radical (unpaired) electrons. The highest BCUT2D eigenvalue weighted by Crippen LogP contribution is 2.64. The summed E-state index contributed by atoms with van der Waals surface area (Å²) in [6.45, 7) is 4.66. The van der Waals surface area contributed by atoms with Crippen molar-refractivity contribution in [2.45, 2.75) is 25.7 Å². The Balaban J connectivity index is 1.15. The first-order valence-electron chi connectivity index (χ1n) is 27.1. The van der Waals surface area contributed by atoms with Gasteiger partial charge in [-0.1, -0.05) is 171 Å². The molecule has 0 amide bonds. The van der Waals surface area contributed by atoms with Gasteiger partial charge in [0.05, 0.1) is 5.41 Å². The second-order valence-electron chi connectivity index (χ2n) is 20.0. The largest absolute Gasteiger partial charge is 0.314 e. The zero-order valence-corrected chi connectivity index (χ0v) is 43.9. The molecule has 0 aromatic heterocycles. The SMILES string of the molecule is CC/C(=C\C1=C(C)c2ccc(N(c3ccccc3)c3ccccc3)cc2C12c1cc(N(c3ccccc3)c3ccccc3)ccc1-c1ccc(N(c3ccccc3)c3ccccc3)cc12)N(c1ccccc1)c1ccccc1. The minimum absolute atomic E-state index is 0.777. The third-order valence-corrected chi connectivity index (χ3v) is 15.6. The van der Waals surface area contributed by atoms with Crippen molar-refractivity contribution >= 4 is 68.1 Å². The molecule has 0 aliphatic heterocycles. The standard InChI is InChI=1S/C74H58N4/c1-3-55(75(56-28-12-4-13-29-56)57-30-14-5-15-31-57)50-70-54(2)67-47-44-64(76(58-32-16-6-17-33-58)59-34-18-7-19-35-59)51-71(67)74(70)72-52-65(77(60-36-20-8-21-37-60)61-38-22-9-23-39-61)45-48-68(72)69-49-46-66(53-73(69)74)78(62-40-24-10-25-41-62)63-42-26-11-27-43-63/h4-53H,3H2,1-2H3/b55-50+. The van der Waals surface area contributed by atoms with Gasteiger partial charge >= 0.3 is 0 Å². The van der Waals surface area contributed by atoms with Gasteiger partial charge in [0.2, 0.25) is 0 Å². The Bertz CT molecular complexity index is 3650. The second-order valence-corrected chi connectivity index (χ2v) is 20.0. The minimum Gasteiger partial charge on any atom is -0.314 e. The number of nitrogens with zero attached hydrogens (tertiary/aromatic N) is 4. The van der Waals surface area contributed by atoms with Crippen LogP contribution in [0.15, 0.2) is 315 Å². The third kappa shape index (κ3) is 8.36. The van der Waals surface area contributed by atoms with Crippen LogP contribution in [0.25, 0.3) is 16.7 Å². The number of rotatable bonds is 14. The number of allylic oxidation sites excluding steroid dienone is 4. The molecule has 2 aliphatic rings. The van der Waals surface area contributed by atoms with Crippen LogP contribution < -0.4 is 19.6 Å². The molecule has 78 heavy (non-hydrogen) atoms. The highest BCUT2D eigenvalue weighted by atomic mass is 15.2. The first kappa shape index (κ1) is 47.8. The highest BCUT2D eigenvalue weighted by Gasteiger charge is 2.53. The maximum absolute atomic E-state index is 2.55. The van der Waals surface area contributed by atoms with Crippen LogP contribution in [0.1, 0.15) is 42.5 Å². The third-order valence-electron chi connectivity index (χ3n) is 15.6. The van der Waals surface area contributed by atoms with E-state index in [1.165, 1.54) is 50.2 Å². The molecular formula is C74H58N4. The Morgan fingerprint density at radius 3 is 0.846 bits per heavy atom. The zero-order chi connectivity index (χ0) is 52.4. The molecule has 0 bridgehead atoms. The van der Waals surface area contributed by atoms with E-state index in [0.717, 1.165) is 69.0 Å². The summed E-state index contributed by atoms with van der Waals surface area (Å²) in [4.78, 5) is 9.68. The van der Waals surface area contributed by atoms with Gasteiger partial charge in [-0.3, -0.25) is 0 Å². The van der Waals surface area contributed by atoms with Crippen molar-refractivity contribution in [3.8, 4) is 11.1 Å². The molecule has 4 nitrogen and oxygen atoms in total. The molecule has 11 aromatic carbocycles. The lowest BCUT2D eigenvalue weighted by molar-refractivity contribution is 0.781. The maximum Gasteiger partial charge on any atom is 0.0725 e. The maximum atomic E-state index is 2.55. The zero-order valence-electron chi connectivity index (χ0n) is 43.9. The van der Waals surface area contributed by atoms with E-state index in [1.807, 2.05) is 0 Å². The van der Waals surface area contributed by atoms with E-state index in [9.17, 15) is 0 Å². The average Bonchev–Trinajstić information content (AvgIpc) is 3.77. The molecule has 0 fully saturated rings. The molecule has 0 unspecified atom stereocenters. The average molecular weight is 1000 g/mol. The van der Waals surface area contributed by atoms with Crippen LogP contribution >= 0.6 is 0 Å². The summed E-state index contributed by atoms with van der Waals surface area (Å²) in [6, 6.07) is 108. The lowest BCUT2D eigenvalue weighted by Crippen LogP contribution is -2.29. The molecule has 0 saturated carbocycles. The fraction of sp³-hybridized carbons (Fsp3) is 0.0541. The van der Waals surface area contributed by atoms with Crippen molar-refractivity contribution in [1.29, 1.82) is 0 Å². The van der Waals surface area contributed by atoms with Gasteiger partial charge in [0.1, 0.15) is 0 Å². The second kappa shape index (κ2) is 20.7. The van der Waals surface area contributed by atoms with Crippen molar-refractivity contribution < 1.29 is 0 Å². The molecular weight excluding hydrogens is 945 g/mol. The Kier molecular flexibility index (Phi) is 12.7. The van der Waals surface area contributed by atoms with Gasteiger partial charge in [-0.25, -0.2) is 0 Å². The summed E-state index contributed by atoms with van der Waals surface area (Å²) in [5.74, 6) is 0. The van der Waals surface area contributed by atoms with Crippen molar-refractivity contribution in [2.75, 3.05) is 19.6 Å². The van der Waals surface area contributed by atoms with Gasteiger partial charge in [-0.15, -0.1) is 0 Å². The van der Waals surface area contributed by atoms with Crippen LogP contribution in [0.3, 0.4) is 0 Å². The Morgan fingerprint density at radius 2 is 0.564 bits per heavy atom. The van der Waals surface area contributed by atoms with Crippen molar-refractivity contribution in [1.82, 2.24) is 0 Å². The van der Waals surface area contributed by atoms with E-state index in [1.54, 1.807) is 0 Å². The van der Waals surface area contributed by atoms with Crippen molar-refractivity contribution in [2.24, 2.45) is 0 Å². The van der Waals surface area contributed by atoms with E-state index in [4.69, 9.17) is 0 Å². The van der Waals surface area contributed by atoms with E-state index >= 15 is 0 Å². The minimum atomic E-state index is -0.817. The van der Waals surface area contributed by atoms with Gasteiger partial charge in [0, 0.05) is 68.3 Å². The molecule has 0 N–H and O–H groups in total. The normalized spacial score (nSPS) is 12.9. The number of benzene rings is 11. The van der Waals surface area contributed by atoms with E-state index in [2.05, 4.69) is 337 Å². The van der Waals surface area contributed by atoms with Crippen LogP contribution in [0.2, 0.25) is 0 Å². The van der Waals surface area contributed by atoms with Crippen LogP contribution in [-0.2, 0) is 5.41 Å². The molecule has 0 heterocycles. The summed E-state index contributed by atoms with van der Waals surface area (Å²) in [5, 5.41) is 0. The van der Waals surface area contributed by atoms with Crippen LogP contribution in [0.4, 0.5) is 62.6 Å². The molecule has 11 aromatic rings. The molecule has 4 heteroatoms. The van der Waals surface area contributed by atoms with Crippen LogP contribution in [0.5, 0.6) is 0 Å². The fourth-order valence-corrected chi connectivity index (χ4v) is 12.2. The lowest BCUT2D eigenvalue weighted by atomic mass is 9.69. The number of hydrogen-bond donors (Lipinski definition) is 0. The molecule has 374 valence electrons. The molecule has 2 aliphatic carbocycles. The van der Waals surface area contributed by atoms with Gasteiger partial charge in [0.15, 0.2) is 0 Å². The van der Waals surface area contributed by atoms with E-state index < -0.39 is 5.41 Å². The Labute approximate surface area is 459 Å². The molecule has 0 saturated heterocycles. The number of para-hydroxylation sites is 8. The number of anilines is 11. The van der Waals surface area contributed by atoms with Gasteiger partial charge < -0.3 is 19.6 Å². The van der Waals surface area contributed by atoms with Crippen LogP contribution in [-0.4, -0.2) is 0 Å². The summed E-state index contributed by atoms with van der Waals surface area (Å²) in [7, 11) is 0. The summed E-state index contributed by atoms with van der Waals surface area (Å²) >= 11 is 0. The van der Waals surface area contributed by atoms with Gasteiger partial charge in [-0.2, -0.15) is 0 Å². The number of hydrogen-bond acceptors (Lipinski definition) is 4. The number of fused-ring (bicyclic) bond motifs is 7. The quantitative estimate of drug-likeness (QED) is 0.108. The monoisotopic (exact) mass is 1000 g/mol. The first-order valence-corrected chi connectivity index (χ1v) is 27.1. The predicted molar refractivity (Wildman–Crippen MR) is 328 cm³/mol. The smallest absolute Gasteiger partial charge is 0.0725 e. The highest BCUT2D eigenvalue weighted by molar-refractivity contribution is 5.99. The lowest BCUT2D eigenvalue weighted by Gasteiger charge is -2.36. The van der Waals surface area contributed by atoms with Crippen LogP contribution in [0, 0.1) is 0 Å². The molecule has 0 atom stereocenters. The molecule has 1 spiro atoms. The van der Waals surface area contributed by atoms with Crippen molar-refractivity contribution in [3.05, 3.63) is 337 Å². The molecule has 13 rings (SSSR count). The fourth-order valence-electron chi connectivity index (χ4n) is 12.2. The predicted octanol–water partition coefficient (Wildman–Crippen LogP) is 20.3. The summed E-state index contributed by atoms with van der Waals surface area (Å²) in [6.07, 6.45) is 3.33. The van der Waals surface area contributed by atoms with E-state index in [-0.39, 0.29) is 0 Å². The summed E-state index contributed by atoms with van der Waals surface area (Å²) in [5.41, 5.74) is 22.3. The van der Waals surface area contributed by atoms with Gasteiger partial charge in [0.25, 0.3) is 0 Å². The van der Waals surface area contributed by atoms with Gasteiger partial charge in [-0.05, 0) is 197 Å². The Hall–Kier alpha value is -9.90. The van der Waals surface area contributed by atoms with Crippen molar-refractivity contribution in [3.63, 3.8) is 0 Å². The first-order chi connectivity index (χ1) is 38.6. The Morgan fingerprint density at radius 1 is 0.308 bits per heavy atom. The topological polar surface area (TPSA) is 13.0 Å². The van der Waals surface area contributed by atoms with E-state index in [0.29, 0.717) is 0 Å².